The average Bonchev–Trinajstić information content (AvgIpc) is 2.37. The monoisotopic (exact) mass is 269 g/mol. The SMILES string of the molecule is CCNC(=O)CN(C)C(=O)C(C)C1CCCC(N)C1. The first kappa shape index (κ1) is 16.0. The predicted octanol–water partition coefficient (Wildman–Crippen LogP) is 0.735. The van der Waals surface area contributed by atoms with Crippen LogP contribution in [-0.2, 0) is 9.59 Å². The summed E-state index contributed by atoms with van der Waals surface area (Å²) >= 11 is 0. The molecule has 0 aliphatic heterocycles. The lowest BCUT2D eigenvalue weighted by Crippen LogP contribution is -2.43. The molecule has 0 aromatic heterocycles. The number of carbonyl (C=O) groups excluding carboxylic acids is 2. The Kier molecular flexibility index (Phi) is 6.28. The molecule has 0 aromatic carbocycles. The van der Waals surface area contributed by atoms with Gasteiger partial charge in [-0.25, -0.2) is 0 Å². The summed E-state index contributed by atoms with van der Waals surface area (Å²) in [5.74, 6) is 0.245. The second-order valence-corrected chi connectivity index (χ2v) is 5.62. The van der Waals surface area contributed by atoms with Crippen LogP contribution in [0.25, 0.3) is 0 Å². The molecule has 0 bridgehead atoms. The van der Waals surface area contributed by atoms with Crippen LogP contribution in [-0.4, -0.2) is 42.9 Å². The van der Waals surface area contributed by atoms with Crippen LogP contribution in [0.3, 0.4) is 0 Å². The van der Waals surface area contributed by atoms with Crippen molar-refractivity contribution in [3.05, 3.63) is 0 Å². The van der Waals surface area contributed by atoms with Crippen LogP contribution < -0.4 is 11.1 Å². The Balaban J connectivity index is 2.48. The zero-order chi connectivity index (χ0) is 14.4. The van der Waals surface area contributed by atoms with Crippen molar-refractivity contribution in [2.24, 2.45) is 17.6 Å². The highest BCUT2D eigenvalue weighted by Gasteiger charge is 2.30. The molecule has 3 atom stereocenters. The summed E-state index contributed by atoms with van der Waals surface area (Å²) in [5.41, 5.74) is 5.97. The largest absolute Gasteiger partial charge is 0.355 e. The minimum absolute atomic E-state index is 0.0466. The lowest BCUT2D eigenvalue weighted by molar-refractivity contribution is -0.139. The maximum atomic E-state index is 12.3. The predicted molar refractivity (Wildman–Crippen MR) is 75.4 cm³/mol. The molecule has 0 saturated heterocycles. The number of hydrogen-bond donors (Lipinski definition) is 2. The molecule has 0 spiro atoms. The van der Waals surface area contributed by atoms with Gasteiger partial charge in [-0.2, -0.15) is 0 Å². The van der Waals surface area contributed by atoms with E-state index >= 15 is 0 Å². The number of rotatable bonds is 5. The molecule has 19 heavy (non-hydrogen) atoms. The van der Waals surface area contributed by atoms with Gasteiger partial charge in [-0.15, -0.1) is 0 Å². The quantitative estimate of drug-likeness (QED) is 0.773. The van der Waals surface area contributed by atoms with Crippen molar-refractivity contribution >= 4 is 11.8 Å². The van der Waals surface area contributed by atoms with Crippen LogP contribution in [0.5, 0.6) is 0 Å². The molecule has 1 aliphatic carbocycles. The lowest BCUT2D eigenvalue weighted by atomic mass is 9.78. The fourth-order valence-electron chi connectivity index (χ4n) is 2.82. The van der Waals surface area contributed by atoms with Gasteiger partial charge in [0.1, 0.15) is 0 Å². The molecular weight excluding hydrogens is 242 g/mol. The number of carbonyl (C=O) groups is 2. The van der Waals surface area contributed by atoms with Crippen molar-refractivity contribution in [2.45, 2.75) is 45.6 Å². The number of nitrogens with two attached hydrogens (primary N) is 1. The van der Waals surface area contributed by atoms with Crippen LogP contribution in [0.1, 0.15) is 39.5 Å². The van der Waals surface area contributed by atoms with Gasteiger partial charge in [-0.05, 0) is 32.1 Å². The molecule has 2 amide bonds. The molecule has 1 saturated carbocycles. The normalized spacial score (nSPS) is 24.6. The molecule has 110 valence electrons. The van der Waals surface area contributed by atoms with Crippen LogP contribution >= 0.6 is 0 Å². The third-order valence-electron chi connectivity index (χ3n) is 3.98. The highest BCUT2D eigenvalue weighted by Crippen LogP contribution is 2.30. The molecule has 0 radical (unpaired) electrons. The average molecular weight is 269 g/mol. The number of likely N-dealkylation sites (N-methyl/N-ethyl adjacent to an activating group) is 2. The van der Waals surface area contributed by atoms with Gasteiger partial charge in [0.15, 0.2) is 0 Å². The molecular formula is C14H27N3O2. The molecule has 1 fully saturated rings. The third-order valence-corrected chi connectivity index (χ3v) is 3.98. The Morgan fingerprint density at radius 2 is 2.11 bits per heavy atom. The Morgan fingerprint density at radius 3 is 2.68 bits per heavy atom. The summed E-state index contributed by atoms with van der Waals surface area (Å²) in [7, 11) is 1.69. The molecule has 0 aromatic rings. The molecule has 1 aliphatic rings. The van der Waals surface area contributed by atoms with E-state index < -0.39 is 0 Å². The molecule has 3 N–H and O–H groups in total. The summed E-state index contributed by atoms with van der Waals surface area (Å²) in [5, 5.41) is 2.70. The van der Waals surface area contributed by atoms with E-state index in [1.54, 1.807) is 7.05 Å². The summed E-state index contributed by atoms with van der Waals surface area (Å²) in [4.78, 5) is 25.3. The molecule has 3 unspecified atom stereocenters. The van der Waals surface area contributed by atoms with E-state index in [9.17, 15) is 9.59 Å². The highest BCUT2D eigenvalue weighted by molar-refractivity contribution is 5.85. The topological polar surface area (TPSA) is 75.4 Å². The van der Waals surface area contributed by atoms with Crippen LogP contribution in [0.2, 0.25) is 0 Å². The van der Waals surface area contributed by atoms with E-state index in [2.05, 4.69) is 5.32 Å². The maximum Gasteiger partial charge on any atom is 0.239 e. The lowest BCUT2D eigenvalue weighted by Gasteiger charge is -2.32. The van der Waals surface area contributed by atoms with Gasteiger partial charge in [-0.1, -0.05) is 13.3 Å². The van der Waals surface area contributed by atoms with E-state index in [0.717, 1.165) is 25.7 Å². The molecule has 0 heterocycles. The second kappa shape index (κ2) is 7.48. The fourth-order valence-corrected chi connectivity index (χ4v) is 2.82. The first-order chi connectivity index (χ1) is 8.95. The van der Waals surface area contributed by atoms with E-state index in [4.69, 9.17) is 5.73 Å². The Bertz CT molecular complexity index is 320. The first-order valence-electron chi connectivity index (χ1n) is 7.23. The van der Waals surface area contributed by atoms with Crippen molar-refractivity contribution in [3.8, 4) is 0 Å². The Hall–Kier alpha value is -1.10. The number of amides is 2. The number of hydrogen-bond acceptors (Lipinski definition) is 3. The summed E-state index contributed by atoms with van der Waals surface area (Å²) in [6.45, 7) is 4.55. The van der Waals surface area contributed by atoms with Crippen molar-refractivity contribution in [1.82, 2.24) is 10.2 Å². The zero-order valence-electron chi connectivity index (χ0n) is 12.3. The van der Waals surface area contributed by atoms with Gasteiger partial charge in [0.2, 0.25) is 11.8 Å². The standard InChI is InChI=1S/C14H27N3O2/c1-4-16-13(18)9-17(3)14(19)10(2)11-6-5-7-12(15)8-11/h10-12H,4-9,15H2,1-3H3,(H,16,18). The van der Waals surface area contributed by atoms with Crippen molar-refractivity contribution in [3.63, 3.8) is 0 Å². The zero-order valence-corrected chi connectivity index (χ0v) is 12.3. The van der Waals surface area contributed by atoms with E-state index in [-0.39, 0.29) is 30.3 Å². The Morgan fingerprint density at radius 1 is 1.42 bits per heavy atom. The molecule has 5 heteroatoms. The van der Waals surface area contributed by atoms with Crippen LogP contribution in [0, 0.1) is 11.8 Å². The van der Waals surface area contributed by atoms with Gasteiger partial charge >= 0.3 is 0 Å². The van der Waals surface area contributed by atoms with Crippen LogP contribution in [0.15, 0.2) is 0 Å². The van der Waals surface area contributed by atoms with E-state index in [1.165, 1.54) is 4.90 Å². The second-order valence-electron chi connectivity index (χ2n) is 5.62. The van der Waals surface area contributed by atoms with Gasteiger partial charge < -0.3 is 16.0 Å². The Labute approximate surface area is 115 Å². The number of nitrogens with zero attached hydrogens (tertiary/aromatic N) is 1. The van der Waals surface area contributed by atoms with Crippen LogP contribution in [0.4, 0.5) is 0 Å². The third kappa shape index (κ3) is 4.82. The number of nitrogens with one attached hydrogen (secondary N) is 1. The van der Waals surface area contributed by atoms with Crippen molar-refractivity contribution in [1.29, 1.82) is 0 Å². The van der Waals surface area contributed by atoms with Crippen molar-refractivity contribution in [2.75, 3.05) is 20.1 Å². The van der Waals surface area contributed by atoms with Gasteiger partial charge in [0.05, 0.1) is 6.54 Å². The minimum atomic E-state index is -0.106. The van der Waals surface area contributed by atoms with E-state index in [1.807, 2.05) is 13.8 Å². The van der Waals surface area contributed by atoms with E-state index in [0.29, 0.717) is 12.5 Å². The summed E-state index contributed by atoms with van der Waals surface area (Å²) < 4.78 is 0. The summed E-state index contributed by atoms with van der Waals surface area (Å²) in [6, 6.07) is 0.225. The van der Waals surface area contributed by atoms with Gasteiger partial charge in [0, 0.05) is 25.6 Å². The fraction of sp³-hybridized carbons (Fsp3) is 0.857. The first-order valence-corrected chi connectivity index (χ1v) is 7.23. The summed E-state index contributed by atoms with van der Waals surface area (Å²) in [6.07, 6.45) is 4.15. The van der Waals surface area contributed by atoms with Gasteiger partial charge in [-0.3, -0.25) is 9.59 Å². The van der Waals surface area contributed by atoms with Gasteiger partial charge in [0.25, 0.3) is 0 Å². The molecule has 5 nitrogen and oxygen atoms in total. The minimum Gasteiger partial charge on any atom is -0.355 e. The highest BCUT2D eigenvalue weighted by atomic mass is 16.2. The maximum absolute atomic E-state index is 12.3. The molecule has 1 rings (SSSR count). The smallest absolute Gasteiger partial charge is 0.239 e. The van der Waals surface area contributed by atoms with Crippen molar-refractivity contribution < 1.29 is 9.59 Å².